The summed E-state index contributed by atoms with van der Waals surface area (Å²) in [5.41, 5.74) is 2.67. The molecule has 0 radical (unpaired) electrons. The summed E-state index contributed by atoms with van der Waals surface area (Å²) >= 11 is 0. The number of allylic oxidation sites excluding steroid dienone is 3. The van der Waals surface area contributed by atoms with Crippen LogP contribution in [0, 0.1) is 11.8 Å². The van der Waals surface area contributed by atoms with E-state index in [0.717, 1.165) is 45.1 Å². The van der Waals surface area contributed by atoms with Crippen molar-refractivity contribution in [2.75, 3.05) is 46.4 Å². The minimum atomic E-state index is 0.294. The molecule has 1 N–H and O–H groups in total. The Morgan fingerprint density at radius 2 is 1.92 bits per heavy atom. The fraction of sp³-hybridized carbons (Fsp3) is 0.727. The molecule has 0 bridgehead atoms. The molecule has 3 heteroatoms. The lowest BCUT2D eigenvalue weighted by molar-refractivity contribution is 0.154. The van der Waals surface area contributed by atoms with Crippen LogP contribution in [0.4, 0.5) is 0 Å². The van der Waals surface area contributed by atoms with Crippen molar-refractivity contribution < 1.29 is 5.11 Å². The highest BCUT2D eigenvalue weighted by Gasteiger charge is 2.31. The number of aliphatic hydroxyl groups is 1. The largest absolute Gasteiger partial charge is 0.396 e. The van der Waals surface area contributed by atoms with Crippen LogP contribution in [0.2, 0.25) is 0 Å². The van der Waals surface area contributed by atoms with Gasteiger partial charge in [-0.25, -0.2) is 0 Å². The van der Waals surface area contributed by atoms with Gasteiger partial charge in [-0.05, 0) is 75.7 Å². The third-order valence-electron chi connectivity index (χ3n) is 5.23. The average molecular weight is 349 g/mol. The van der Waals surface area contributed by atoms with E-state index >= 15 is 0 Å². The van der Waals surface area contributed by atoms with Crippen LogP contribution >= 0.6 is 0 Å². The highest BCUT2D eigenvalue weighted by molar-refractivity contribution is 5.29. The molecule has 0 atom stereocenters. The van der Waals surface area contributed by atoms with Crippen molar-refractivity contribution >= 4 is 0 Å². The highest BCUT2D eigenvalue weighted by atomic mass is 16.3. The SMILES string of the molecule is C=C(C=CC(=CC)C1CC(CN(C)CCCO)C1)CN(CC)CCC. The van der Waals surface area contributed by atoms with Crippen LogP contribution in [0.25, 0.3) is 0 Å². The van der Waals surface area contributed by atoms with Crippen LogP contribution in [0.3, 0.4) is 0 Å². The second-order valence-corrected chi connectivity index (χ2v) is 7.52. The van der Waals surface area contributed by atoms with E-state index in [1.807, 2.05) is 0 Å². The summed E-state index contributed by atoms with van der Waals surface area (Å²) in [6.45, 7) is 16.5. The topological polar surface area (TPSA) is 26.7 Å². The summed E-state index contributed by atoms with van der Waals surface area (Å²) in [5, 5.41) is 8.92. The third kappa shape index (κ3) is 8.35. The van der Waals surface area contributed by atoms with Gasteiger partial charge in [-0.2, -0.15) is 0 Å². The molecule has 1 aliphatic rings. The fourth-order valence-corrected chi connectivity index (χ4v) is 3.72. The minimum absolute atomic E-state index is 0.294. The maximum absolute atomic E-state index is 8.92. The molecule has 1 aliphatic carbocycles. The van der Waals surface area contributed by atoms with Crippen molar-refractivity contribution in [3.8, 4) is 0 Å². The van der Waals surface area contributed by atoms with E-state index in [1.54, 1.807) is 0 Å². The molecule has 0 saturated heterocycles. The Morgan fingerprint density at radius 3 is 2.48 bits per heavy atom. The molecule has 0 aliphatic heterocycles. The monoisotopic (exact) mass is 348 g/mol. The molecular weight excluding hydrogens is 308 g/mol. The molecular formula is C22H40N2O. The van der Waals surface area contributed by atoms with Gasteiger partial charge >= 0.3 is 0 Å². The van der Waals surface area contributed by atoms with Crippen LogP contribution in [0.15, 0.2) is 36.0 Å². The van der Waals surface area contributed by atoms with E-state index in [-0.39, 0.29) is 0 Å². The number of nitrogens with zero attached hydrogens (tertiary/aromatic N) is 2. The summed E-state index contributed by atoms with van der Waals surface area (Å²) in [6, 6.07) is 0. The first-order valence-electron chi connectivity index (χ1n) is 10.1. The van der Waals surface area contributed by atoms with Crippen LogP contribution in [0.5, 0.6) is 0 Å². The Hall–Kier alpha value is -0.900. The molecule has 1 saturated carbocycles. The number of rotatable bonds is 13. The quantitative estimate of drug-likeness (QED) is 0.507. The first-order valence-corrected chi connectivity index (χ1v) is 10.1. The third-order valence-corrected chi connectivity index (χ3v) is 5.23. The van der Waals surface area contributed by atoms with Crippen LogP contribution in [0.1, 0.15) is 46.5 Å². The van der Waals surface area contributed by atoms with Crippen LogP contribution < -0.4 is 0 Å². The van der Waals surface area contributed by atoms with Gasteiger partial charge in [-0.15, -0.1) is 0 Å². The van der Waals surface area contributed by atoms with Crippen molar-refractivity contribution in [1.82, 2.24) is 9.80 Å². The molecule has 1 fully saturated rings. The predicted molar refractivity (Wildman–Crippen MR) is 110 cm³/mol. The van der Waals surface area contributed by atoms with Crippen LogP contribution in [-0.4, -0.2) is 61.3 Å². The van der Waals surface area contributed by atoms with E-state index in [9.17, 15) is 0 Å². The van der Waals surface area contributed by atoms with Gasteiger partial charge in [0.2, 0.25) is 0 Å². The Labute approximate surface area is 156 Å². The summed E-state index contributed by atoms with van der Waals surface area (Å²) < 4.78 is 0. The van der Waals surface area contributed by atoms with E-state index in [0.29, 0.717) is 12.5 Å². The first-order chi connectivity index (χ1) is 12.0. The molecule has 0 aromatic carbocycles. The van der Waals surface area contributed by atoms with Gasteiger partial charge in [0, 0.05) is 26.2 Å². The van der Waals surface area contributed by atoms with Crippen molar-refractivity contribution in [2.24, 2.45) is 11.8 Å². The van der Waals surface area contributed by atoms with E-state index < -0.39 is 0 Å². The van der Waals surface area contributed by atoms with Gasteiger partial charge in [0.1, 0.15) is 0 Å². The number of hydrogen-bond donors (Lipinski definition) is 1. The van der Waals surface area contributed by atoms with Crippen molar-refractivity contribution in [3.05, 3.63) is 36.0 Å². The van der Waals surface area contributed by atoms with Crippen molar-refractivity contribution in [1.29, 1.82) is 0 Å². The fourth-order valence-electron chi connectivity index (χ4n) is 3.72. The van der Waals surface area contributed by atoms with E-state index in [1.165, 1.54) is 30.4 Å². The second kappa shape index (κ2) is 12.5. The van der Waals surface area contributed by atoms with Gasteiger partial charge < -0.3 is 10.0 Å². The zero-order valence-corrected chi connectivity index (χ0v) is 17.0. The molecule has 0 heterocycles. The second-order valence-electron chi connectivity index (χ2n) is 7.52. The lowest BCUT2D eigenvalue weighted by atomic mass is 9.70. The van der Waals surface area contributed by atoms with Crippen molar-refractivity contribution in [3.63, 3.8) is 0 Å². The summed E-state index contributed by atoms with van der Waals surface area (Å²) in [4.78, 5) is 4.81. The Bertz CT molecular complexity index is 435. The van der Waals surface area contributed by atoms with Gasteiger partial charge in [-0.3, -0.25) is 4.90 Å². The Kier molecular flexibility index (Phi) is 11.0. The summed E-state index contributed by atoms with van der Waals surface area (Å²) in [7, 11) is 2.17. The first kappa shape index (κ1) is 22.1. The number of likely N-dealkylation sites (N-methyl/N-ethyl adjacent to an activating group) is 1. The lowest BCUT2D eigenvalue weighted by Gasteiger charge is -2.38. The average Bonchev–Trinajstić information content (AvgIpc) is 2.57. The van der Waals surface area contributed by atoms with Crippen LogP contribution in [-0.2, 0) is 0 Å². The lowest BCUT2D eigenvalue weighted by Crippen LogP contribution is -2.35. The summed E-state index contributed by atoms with van der Waals surface area (Å²) in [5.74, 6) is 1.52. The van der Waals surface area contributed by atoms with E-state index in [2.05, 4.69) is 62.4 Å². The molecule has 0 aromatic rings. The molecule has 1 rings (SSSR count). The smallest absolute Gasteiger partial charge is 0.0443 e. The molecule has 0 aromatic heterocycles. The molecule has 0 spiro atoms. The summed E-state index contributed by atoms with van der Waals surface area (Å²) in [6.07, 6.45) is 11.4. The predicted octanol–water partition coefficient (Wildman–Crippen LogP) is 4.12. The molecule has 25 heavy (non-hydrogen) atoms. The molecule has 0 amide bonds. The zero-order valence-electron chi connectivity index (χ0n) is 17.0. The van der Waals surface area contributed by atoms with Crippen molar-refractivity contribution in [2.45, 2.75) is 46.5 Å². The van der Waals surface area contributed by atoms with Gasteiger partial charge in [0.05, 0.1) is 0 Å². The minimum Gasteiger partial charge on any atom is -0.396 e. The molecule has 3 nitrogen and oxygen atoms in total. The maximum atomic E-state index is 8.92. The highest BCUT2D eigenvalue weighted by Crippen LogP contribution is 2.39. The number of hydrogen-bond acceptors (Lipinski definition) is 3. The zero-order chi connectivity index (χ0) is 18.7. The van der Waals surface area contributed by atoms with Gasteiger partial charge in [-0.1, -0.05) is 38.7 Å². The normalized spacial score (nSPS) is 21.3. The Balaban J connectivity index is 2.37. The number of aliphatic hydroxyl groups excluding tert-OH is 1. The van der Waals surface area contributed by atoms with E-state index in [4.69, 9.17) is 5.11 Å². The van der Waals surface area contributed by atoms with Gasteiger partial charge in [0.15, 0.2) is 0 Å². The Morgan fingerprint density at radius 1 is 1.20 bits per heavy atom. The molecule has 0 unspecified atom stereocenters. The molecule has 144 valence electrons. The van der Waals surface area contributed by atoms with Gasteiger partial charge in [0.25, 0.3) is 0 Å². The maximum Gasteiger partial charge on any atom is 0.0443 e. The standard InChI is InChI=1S/C22H40N2O/c1-6-12-24(8-3)17-19(4)10-11-21(7-2)22-15-20(16-22)18-23(5)13-9-14-25/h7,10-11,20,22,25H,4,6,8-9,12-18H2,1-3,5H3.